The number of nitrogens with one attached hydrogen (secondary N) is 1. The molecule has 0 aromatic heterocycles. The second-order valence-electron chi connectivity index (χ2n) is 5.23. The van der Waals surface area contributed by atoms with Crippen LogP contribution in [0.25, 0.3) is 0 Å². The monoisotopic (exact) mass is 284 g/mol. The van der Waals surface area contributed by atoms with Gasteiger partial charge in [0.1, 0.15) is 0 Å². The zero-order chi connectivity index (χ0) is 14.7. The van der Waals surface area contributed by atoms with Gasteiger partial charge in [-0.15, -0.1) is 6.58 Å². The van der Waals surface area contributed by atoms with Crippen LogP contribution in [0.4, 0.5) is 13.2 Å². The summed E-state index contributed by atoms with van der Waals surface area (Å²) >= 11 is 0. The number of hydrogen-bond donors (Lipinski definition) is 1. The predicted molar refractivity (Wildman–Crippen MR) is 72.9 cm³/mol. The van der Waals surface area contributed by atoms with Gasteiger partial charge in [-0.2, -0.15) is 0 Å². The van der Waals surface area contributed by atoms with Crippen LogP contribution < -0.4 is 5.32 Å². The number of halogens is 3. The molecule has 0 unspecified atom stereocenters. The topological polar surface area (TPSA) is 15.3 Å². The molecule has 5 heteroatoms. The predicted octanol–water partition coefficient (Wildman–Crippen LogP) is 3.02. The lowest BCUT2D eigenvalue weighted by Crippen LogP contribution is -2.45. The van der Waals surface area contributed by atoms with E-state index in [-0.39, 0.29) is 11.6 Å². The second kappa shape index (κ2) is 6.41. The molecule has 1 aromatic carbocycles. The smallest absolute Gasteiger partial charge is 0.194 e. The highest BCUT2D eigenvalue weighted by Crippen LogP contribution is 2.31. The highest BCUT2D eigenvalue weighted by Gasteiger charge is 2.27. The summed E-state index contributed by atoms with van der Waals surface area (Å²) in [6.45, 7) is 8.81. The Morgan fingerprint density at radius 3 is 2.50 bits per heavy atom. The summed E-state index contributed by atoms with van der Waals surface area (Å²) in [7, 11) is 0. The zero-order valence-electron chi connectivity index (χ0n) is 11.6. The van der Waals surface area contributed by atoms with Crippen LogP contribution in [0.2, 0.25) is 0 Å². The van der Waals surface area contributed by atoms with E-state index in [0.717, 1.165) is 37.8 Å². The Morgan fingerprint density at radius 1 is 1.25 bits per heavy atom. The molecule has 0 spiro atoms. The number of benzene rings is 1. The minimum Gasteiger partial charge on any atom is -0.314 e. The third kappa shape index (κ3) is 3.22. The Labute approximate surface area is 117 Å². The van der Waals surface area contributed by atoms with Crippen LogP contribution in [0.5, 0.6) is 0 Å². The molecule has 0 radical (unpaired) electrons. The van der Waals surface area contributed by atoms with E-state index in [0.29, 0.717) is 6.42 Å². The zero-order valence-corrected chi connectivity index (χ0v) is 11.6. The van der Waals surface area contributed by atoms with Crippen LogP contribution in [-0.4, -0.2) is 31.1 Å². The normalized spacial score (nSPS) is 18.0. The first-order valence-corrected chi connectivity index (χ1v) is 6.73. The maximum absolute atomic E-state index is 14.0. The van der Waals surface area contributed by atoms with Crippen molar-refractivity contribution in [2.75, 3.05) is 26.2 Å². The van der Waals surface area contributed by atoms with Crippen molar-refractivity contribution in [1.29, 1.82) is 0 Å². The van der Waals surface area contributed by atoms with Crippen LogP contribution in [0.1, 0.15) is 24.9 Å². The molecule has 0 aliphatic carbocycles. The van der Waals surface area contributed by atoms with Gasteiger partial charge in [-0.1, -0.05) is 11.6 Å². The van der Waals surface area contributed by atoms with Gasteiger partial charge in [0.25, 0.3) is 0 Å². The molecule has 20 heavy (non-hydrogen) atoms. The maximum atomic E-state index is 14.0. The van der Waals surface area contributed by atoms with Gasteiger partial charge in [0.2, 0.25) is 0 Å². The number of rotatable bonds is 4. The Bertz CT molecular complexity index is 496. The second-order valence-corrected chi connectivity index (χ2v) is 5.23. The SMILES string of the molecule is C=C(C)C[C@@H](c1ccc(F)c(F)c1F)N1CCNCC1. The Balaban J connectivity index is 2.35. The molecule has 1 fully saturated rings. The minimum absolute atomic E-state index is 0.203. The van der Waals surface area contributed by atoms with Crippen molar-refractivity contribution in [3.8, 4) is 0 Å². The van der Waals surface area contributed by atoms with Gasteiger partial charge in [0.15, 0.2) is 17.5 Å². The van der Waals surface area contributed by atoms with Crippen LogP contribution in [0, 0.1) is 17.5 Å². The van der Waals surface area contributed by atoms with Crippen molar-refractivity contribution in [1.82, 2.24) is 10.2 Å². The average Bonchev–Trinajstić information content (AvgIpc) is 2.44. The molecule has 1 heterocycles. The fourth-order valence-electron chi connectivity index (χ4n) is 2.56. The molecule has 1 aliphatic heterocycles. The molecule has 1 aromatic rings. The molecule has 1 aliphatic rings. The van der Waals surface area contributed by atoms with E-state index in [2.05, 4.69) is 16.8 Å². The first kappa shape index (κ1) is 15.1. The molecule has 1 N–H and O–H groups in total. The fraction of sp³-hybridized carbons (Fsp3) is 0.467. The lowest BCUT2D eigenvalue weighted by atomic mass is 9.97. The van der Waals surface area contributed by atoms with Gasteiger partial charge in [-0.25, -0.2) is 13.2 Å². The third-order valence-corrected chi connectivity index (χ3v) is 3.56. The summed E-state index contributed by atoms with van der Waals surface area (Å²) in [5, 5.41) is 3.22. The van der Waals surface area contributed by atoms with Gasteiger partial charge in [0.05, 0.1) is 0 Å². The Morgan fingerprint density at radius 2 is 1.90 bits per heavy atom. The van der Waals surface area contributed by atoms with Crippen LogP contribution in [0.3, 0.4) is 0 Å². The first-order valence-electron chi connectivity index (χ1n) is 6.73. The van der Waals surface area contributed by atoms with E-state index in [1.54, 1.807) is 0 Å². The van der Waals surface area contributed by atoms with E-state index >= 15 is 0 Å². The molecule has 2 rings (SSSR count). The molecule has 0 bridgehead atoms. The van der Waals surface area contributed by atoms with E-state index in [4.69, 9.17) is 0 Å². The fourth-order valence-corrected chi connectivity index (χ4v) is 2.56. The van der Waals surface area contributed by atoms with Gasteiger partial charge in [-0.3, -0.25) is 4.90 Å². The first-order chi connectivity index (χ1) is 9.50. The highest BCUT2D eigenvalue weighted by atomic mass is 19.2. The summed E-state index contributed by atoms with van der Waals surface area (Å²) in [6, 6.07) is 2.02. The van der Waals surface area contributed by atoms with Crippen molar-refractivity contribution in [2.24, 2.45) is 0 Å². The Hall–Kier alpha value is -1.33. The van der Waals surface area contributed by atoms with Crippen molar-refractivity contribution >= 4 is 0 Å². The standard InChI is InChI=1S/C15H19F3N2/c1-10(2)9-13(20-7-5-19-6-8-20)11-3-4-12(16)15(18)14(11)17/h3-4,13,19H,1,5-9H2,2H3/t13-/m0/s1. The summed E-state index contributed by atoms with van der Waals surface area (Å²) in [5.41, 5.74) is 1.09. The molecule has 110 valence electrons. The van der Waals surface area contributed by atoms with Gasteiger partial charge >= 0.3 is 0 Å². The van der Waals surface area contributed by atoms with Crippen molar-refractivity contribution in [3.63, 3.8) is 0 Å². The van der Waals surface area contributed by atoms with E-state index in [1.165, 1.54) is 6.07 Å². The van der Waals surface area contributed by atoms with Gasteiger partial charge < -0.3 is 5.32 Å². The molecule has 2 nitrogen and oxygen atoms in total. The summed E-state index contributed by atoms with van der Waals surface area (Å²) in [5.74, 6) is -3.64. The maximum Gasteiger partial charge on any atom is 0.194 e. The van der Waals surface area contributed by atoms with E-state index in [9.17, 15) is 13.2 Å². The van der Waals surface area contributed by atoms with Gasteiger partial charge in [0, 0.05) is 37.8 Å². The number of piperazine rings is 1. The highest BCUT2D eigenvalue weighted by molar-refractivity contribution is 5.25. The molecule has 1 saturated heterocycles. The third-order valence-electron chi connectivity index (χ3n) is 3.56. The molecule has 0 saturated carbocycles. The summed E-state index contributed by atoms with van der Waals surface area (Å²) < 4.78 is 40.6. The average molecular weight is 284 g/mol. The lowest BCUT2D eigenvalue weighted by molar-refractivity contribution is 0.168. The van der Waals surface area contributed by atoms with E-state index in [1.807, 2.05) is 6.92 Å². The van der Waals surface area contributed by atoms with Crippen LogP contribution in [-0.2, 0) is 0 Å². The van der Waals surface area contributed by atoms with Gasteiger partial charge in [-0.05, 0) is 19.4 Å². The van der Waals surface area contributed by atoms with Crippen molar-refractivity contribution in [3.05, 3.63) is 47.3 Å². The minimum atomic E-state index is -1.40. The van der Waals surface area contributed by atoms with E-state index < -0.39 is 17.5 Å². The quantitative estimate of drug-likeness (QED) is 0.675. The number of nitrogens with zero attached hydrogens (tertiary/aromatic N) is 1. The lowest BCUT2D eigenvalue weighted by Gasteiger charge is -2.35. The summed E-state index contributed by atoms with van der Waals surface area (Å²) in [6.07, 6.45) is 0.530. The van der Waals surface area contributed by atoms with Crippen molar-refractivity contribution < 1.29 is 13.2 Å². The molecule has 1 atom stereocenters. The van der Waals surface area contributed by atoms with Crippen LogP contribution in [0.15, 0.2) is 24.3 Å². The van der Waals surface area contributed by atoms with Crippen LogP contribution >= 0.6 is 0 Å². The molecule has 0 amide bonds. The largest absolute Gasteiger partial charge is 0.314 e. The summed E-state index contributed by atoms with van der Waals surface area (Å²) in [4.78, 5) is 2.08. The molecular formula is C15H19F3N2. The molecular weight excluding hydrogens is 265 g/mol. The number of hydrogen-bond acceptors (Lipinski definition) is 2. The Kier molecular flexibility index (Phi) is 4.83. The van der Waals surface area contributed by atoms with Crippen molar-refractivity contribution in [2.45, 2.75) is 19.4 Å².